The van der Waals surface area contributed by atoms with E-state index in [9.17, 15) is 9.59 Å². The standard InChI is InChI=1S/C14H28N4O2/c1-14(2,3)17-13(20)16-12(19)10-18(4)11-6-5-8-15-9-7-11/h11,15H,5-10H2,1-4H3,(H2,16,17,19,20). The first-order chi connectivity index (χ1) is 9.28. The van der Waals surface area contributed by atoms with Crippen molar-refractivity contribution in [3.8, 4) is 0 Å². The van der Waals surface area contributed by atoms with Crippen molar-refractivity contribution in [1.29, 1.82) is 0 Å². The van der Waals surface area contributed by atoms with Crippen molar-refractivity contribution in [3.05, 3.63) is 0 Å². The van der Waals surface area contributed by atoms with Crippen molar-refractivity contribution < 1.29 is 9.59 Å². The zero-order valence-electron chi connectivity index (χ0n) is 13.1. The predicted molar refractivity (Wildman–Crippen MR) is 79.6 cm³/mol. The summed E-state index contributed by atoms with van der Waals surface area (Å²) in [7, 11) is 1.94. The Morgan fingerprint density at radius 3 is 2.60 bits per heavy atom. The summed E-state index contributed by atoms with van der Waals surface area (Å²) in [6, 6.07) is -0.0279. The third kappa shape index (κ3) is 6.86. The second kappa shape index (κ2) is 7.59. The molecule has 1 saturated heterocycles. The third-order valence-electron chi connectivity index (χ3n) is 3.30. The molecular weight excluding hydrogens is 256 g/mol. The van der Waals surface area contributed by atoms with Crippen molar-refractivity contribution in [2.45, 2.75) is 51.6 Å². The molecule has 0 radical (unpaired) electrons. The first kappa shape index (κ1) is 16.9. The Morgan fingerprint density at radius 2 is 1.95 bits per heavy atom. The molecule has 0 bridgehead atoms. The van der Waals surface area contributed by atoms with Gasteiger partial charge in [-0.25, -0.2) is 4.79 Å². The lowest BCUT2D eigenvalue weighted by molar-refractivity contribution is -0.121. The highest BCUT2D eigenvalue weighted by Crippen LogP contribution is 2.11. The van der Waals surface area contributed by atoms with Gasteiger partial charge in [-0.1, -0.05) is 0 Å². The van der Waals surface area contributed by atoms with Crippen molar-refractivity contribution in [1.82, 2.24) is 20.9 Å². The molecule has 116 valence electrons. The van der Waals surface area contributed by atoms with Crippen LogP contribution in [0, 0.1) is 0 Å². The van der Waals surface area contributed by atoms with Crippen molar-refractivity contribution in [2.75, 3.05) is 26.7 Å². The average molecular weight is 284 g/mol. The average Bonchev–Trinajstić information content (AvgIpc) is 2.53. The molecule has 0 aromatic carbocycles. The zero-order valence-corrected chi connectivity index (χ0v) is 13.1. The summed E-state index contributed by atoms with van der Waals surface area (Å²) in [6.07, 6.45) is 3.25. The number of hydrogen-bond acceptors (Lipinski definition) is 4. The molecule has 3 N–H and O–H groups in total. The maximum Gasteiger partial charge on any atom is 0.321 e. The fourth-order valence-electron chi connectivity index (χ4n) is 2.34. The van der Waals surface area contributed by atoms with Crippen LogP contribution in [0.3, 0.4) is 0 Å². The van der Waals surface area contributed by atoms with E-state index >= 15 is 0 Å². The Hall–Kier alpha value is -1.14. The fraction of sp³-hybridized carbons (Fsp3) is 0.857. The molecule has 1 fully saturated rings. The van der Waals surface area contributed by atoms with Crippen molar-refractivity contribution >= 4 is 11.9 Å². The molecule has 1 atom stereocenters. The van der Waals surface area contributed by atoms with E-state index in [0.29, 0.717) is 6.04 Å². The topological polar surface area (TPSA) is 73.5 Å². The van der Waals surface area contributed by atoms with Crippen LogP contribution < -0.4 is 16.0 Å². The number of hydrogen-bond donors (Lipinski definition) is 3. The van der Waals surface area contributed by atoms with Crippen molar-refractivity contribution in [3.63, 3.8) is 0 Å². The molecule has 6 nitrogen and oxygen atoms in total. The molecule has 20 heavy (non-hydrogen) atoms. The minimum Gasteiger partial charge on any atom is -0.333 e. The van der Waals surface area contributed by atoms with Gasteiger partial charge >= 0.3 is 6.03 Å². The minimum absolute atomic E-state index is 0.252. The van der Waals surface area contributed by atoms with Gasteiger partial charge in [0, 0.05) is 11.6 Å². The lowest BCUT2D eigenvalue weighted by Crippen LogP contribution is -2.50. The van der Waals surface area contributed by atoms with E-state index in [2.05, 4.69) is 16.0 Å². The maximum absolute atomic E-state index is 11.8. The van der Waals surface area contributed by atoms with Crippen LogP contribution in [-0.4, -0.2) is 55.1 Å². The van der Waals surface area contributed by atoms with E-state index in [1.165, 1.54) is 0 Å². The van der Waals surface area contributed by atoms with E-state index in [0.717, 1.165) is 32.4 Å². The number of likely N-dealkylation sites (N-methyl/N-ethyl adjacent to an activating group) is 1. The van der Waals surface area contributed by atoms with Gasteiger partial charge in [0.1, 0.15) is 0 Å². The number of amides is 3. The molecule has 1 unspecified atom stereocenters. The Kier molecular flexibility index (Phi) is 6.42. The van der Waals surface area contributed by atoms with Crippen LogP contribution >= 0.6 is 0 Å². The molecule has 3 amide bonds. The van der Waals surface area contributed by atoms with Crippen LogP contribution in [-0.2, 0) is 4.79 Å². The largest absolute Gasteiger partial charge is 0.333 e. The number of carbonyl (C=O) groups is 2. The zero-order chi connectivity index (χ0) is 15.2. The van der Waals surface area contributed by atoms with Gasteiger partial charge < -0.3 is 10.6 Å². The monoisotopic (exact) mass is 284 g/mol. The van der Waals surface area contributed by atoms with Crippen LogP contribution in [0.1, 0.15) is 40.0 Å². The molecule has 1 rings (SSSR count). The summed E-state index contributed by atoms with van der Waals surface area (Å²) >= 11 is 0. The van der Waals surface area contributed by atoms with Gasteiger partial charge in [0.05, 0.1) is 6.54 Å². The number of nitrogens with zero attached hydrogens (tertiary/aromatic N) is 1. The van der Waals surface area contributed by atoms with Crippen LogP contribution in [0.25, 0.3) is 0 Å². The van der Waals surface area contributed by atoms with Crippen LogP contribution in [0.5, 0.6) is 0 Å². The maximum atomic E-state index is 11.8. The number of urea groups is 1. The number of nitrogens with one attached hydrogen (secondary N) is 3. The van der Waals surface area contributed by atoms with Crippen molar-refractivity contribution in [2.24, 2.45) is 0 Å². The Morgan fingerprint density at radius 1 is 1.25 bits per heavy atom. The number of imide groups is 1. The molecule has 0 aromatic rings. The summed E-state index contributed by atoms with van der Waals surface area (Å²) < 4.78 is 0. The van der Waals surface area contributed by atoms with Crippen LogP contribution in [0.15, 0.2) is 0 Å². The molecule has 0 aromatic heterocycles. The van der Waals surface area contributed by atoms with E-state index in [1.807, 2.05) is 32.7 Å². The summed E-state index contributed by atoms with van der Waals surface area (Å²) in [4.78, 5) is 25.5. The molecule has 0 spiro atoms. The molecule has 0 saturated carbocycles. The van der Waals surface area contributed by atoms with Crippen LogP contribution in [0.2, 0.25) is 0 Å². The summed E-state index contributed by atoms with van der Waals surface area (Å²) in [6.45, 7) is 7.92. The van der Waals surface area contributed by atoms with Gasteiger partial charge in [-0.2, -0.15) is 0 Å². The normalized spacial score (nSPS) is 20.4. The summed E-state index contributed by atoms with van der Waals surface area (Å²) in [5.74, 6) is -0.258. The van der Waals surface area contributed by atoms with Crippen LogP contribution in [0.4, 0.5) is 4.79 Å². The Bertz CT molecular complexity index is 331. The summed E-state index contributed by atoms with van der Waals surface area (Å²) in [5.41, 5.74) is -0.344. The van der Waals surface area contributed by atoms with E-state index < -0.39 is 6.03 Å². The molecule has 1 aliphatic rings. The highest BCUT2D eigenvalue weighted by Gasteiger charge is 2.20. The summed E-state index contributed by atoms with van der Waals surface area (Å²) in [5, 5.41) is 8.44. The van der Waals surface area contributed by atoms with E-state index in [1.54, 1.807) is 0 Å². The predicted octanol–water partition coefficient (Wildman–Crippen LogP) is 0.685. The molecule has 1 heterocycles. The van der Waals surface area contributed by atoms with Gasteiger partial charge in [0.25, 0.3) is 0 Å². The van der Waals surface area contributed by atoms with E-state index in [4.69, 9.17) is 0 Å². The lowest BCUT2D eigenvalue weighted by atomic mass is 10.1. The first-order valence-corrected chi connectivity index (χ1v) is 7.31. The first-order valence-electron chi connectivity index (χ1n) is 7.31. The molecular formula is C14H28N4O2. The highest BCUT2D eigenvalue weighted by atomic mass is 16.2. The smallest absolute Gasteiger partial charge is 0.321 e. The van der Waals surface area contributed by atoms with Gasteiger partial charge in [0.2, 0.25) is 5.91 Å². The quantitative estimate of drug-likeness (QED) is 0.713. The lowest BCUT2D eigenvalue weighted by Gasteiger charge is -2.26. The van der Waals surface area contributed by atoms with Gasteiger partial charge in [0.15, 0.2) is 0 Å². The van der Waals surface area contributed by atoms with Gasteiger partial charge in [-0.05, 0) is 60.2 Å². The second-order valence-electron chi connectivity index (χ2n) is 6.50. The Labute approximate surface area is 121 Å². The molecule has 1 aliphatic heterocycles. The second-order valence-corrected chi connectivity index (χ2v) is 6.50. The Balaban J connectivity index is 2.35. The molecule has 0 aliphatic carbocycles. The SMILES string of the molecule is CN(CC(=O)NC(=O)NC(C)(C)C)C1CCCNCC1. The van der Waals surface area contributed by atoms with Gasteiger partial charge in [-0.15, -0.1) is 0 Å². The minimum atomic E-state index is -0.432. The van der Waals surface area contributed by atoms with Gasteiger partial charge in [-0.3, -0.25) is 15.0 Å². The molecule has 6 heteroatoms. The fourth-order valence-corrected chi connectivity index (χ4v) is 2.34. The number of carbonyl (C=O) groups excluding carboxylic acids is 2. The number of rotatable bonds is 3. The third-order valence-corrected chi connectivity index (χ3v) is 3.30. The highest BCUT2D eigenvalue weighted by molar-refractivity contribution is 5.95. The van der Waals surface area contributed by atoms with E-state index in [-0.39, 0.29) is 18.0 Å².